The number of aromatic nitrogens is 2. The summed E-state index contributed by atoms with van der Waals surface area (Å²) in [6, 6.07) is 5.98. The number of hydrogen-bond donors (Lipinski definition) is 2. The Balaban J connectivity index is 2.54. The highest BCUT2D eigenvalue weighted by molar-refractivity contribution is 9.10. The highest BCUT2D eigenvalue weighted by atomic mass is 79.9. The summed E-state index contributed by atoms with van der Waals surface area (Å²) in [5.74, 6) is 5.81. The number of hydrazine groups is 1. The quantitative estimate of drug-likeness (QED) is 0.667. The maximum Gasteiger partial charge on any atom is 0.163 e. The number of nitrogens with two attached hydrogens (primary N) is 1. The monoisotopic (exact) mass is 326 g/mol. The third-order valence-electron chi connectivity index (χ3n) is 2.39. The fraction of sp³-hybridized carbons (Fsp3) is 0.167. The van der Waals surface area contributed by atoms with Gasteiger partial charge in [0, 0.05) is 23.2 Å². The molecule has 5 nitrogen and oxygen atoms in total. The smallest absolute Gasteiger partial charge is 0.163 e. The Labute approximate surface area is 118 Å². The summed E-state index contributed by atoms with van der Waals surface area (Å²) in [6.45, 7) is 0.317. The molecule has 1 aromatic carbocycles. The van der Waals surface area contributed by atoms with Crippen molar-refractivity contribution in [1.29, 1.82) is 0 Å². The number of nitrogens with one attached hydrogen (secondary N) is 1. The number of halogens is 2. The van der Waals surface area contributed by atoms with Gasteiger partial charge in [-0.05, 0) is 18.2 Å². The summed E-state index contributed by atoms with van der Waals surface area (Å²) in [6.07, 6.45) is 0. The van der Waals surface area contributed by atoms with E-state index < -0.39 is 0 Å². The van der Waals surface area contributed by atoms with Gasteiger partial charge >= 0.3 is 0 Å². The molecule has 3 N–H and O–H groups in total. The van der Waals surface area contributed by atoms with Crippen LogP contribution in [0.3, 0.4) is 0 Å². The van der Waals surface area contributed by atoms with Crippen molar-refractivity contribution in [2.24, 2.45) is 5.84 Å². The lowest BCUT2D eigenvalue weighted by atomic mass is 10.2. The van der Waals surface area contributed by atoms with Crippen LogP contribution in [0.25, 0.3) is 11.4 Å². The zero-order valence-corrected chi connectivity index (χ0v) is 11.7. The highest BCUT2D eigenvalue weighted by Crippen LogP contribution is 2.27. The first-order valence-electron chi connectivity index (χ1n) is 5.43. The molecule has 1 heterocycles. The van der Waals surface area contributed by atoms with Gasteiger partial charge in [-0.2, -0.15) is 0 Å². The van der Waals surface area contributed by atoms with Gasteiger partial charge in [0.25, 0.3) is 0 Å². The van der Waals surface area contributed by atoms with Crippen LogP contribution in [0.1, 0.15) is 5.69 Å². The first kappa shape index (κ1) is 13.9. The normalized spacial score (nSPS) is 10.5. The Morgan fingerprint density at radius 1 is 1.37 bits per heavy atom. The van der Waals surface area contributed by atoms with Crippen molar-refractivity contribution >= 4 is 21.7 Å². The number of nitrogens with zero attached hydrogens (tertiary/aromatic N) is 2. The third-order valence-corrected chi connectivity index (χ3v) is 3.08. The summed E-state index contributed by atoms with van der Waals surface area (Å²) < 4.78 is 19.1. The summed E-state index contributed by atoms with van der Waals surface area (Å²) in [5.41, 5.74) is 3.65. The van der Waals surface area contributed by atoms with Gasteiger partial charge < -0.3 is 10.2 Å². The van der Waals surface area contributed by atoms with Gasteiger partial charge in [-0.3, -0.25) is 0 Å². The number of anilines is 1. The van der Waals surface area contributed by atoms with E-state index in [9.17, 15) is 4.39 Å². The van der Waals surface area contributed by atoms with E-state index in [0.29, 0.717) is 34.0 Å². The van der Waals surface area contributed by atoms with E-state index in [2.05, 4.69) is 31.3 Å². The summed E-state index contributed by atoms with van der Waals surface area (Å²) >= 11 is 3.35. The standard InChI is InChI=1S/C12H12BrFN4O/c1-19-6-8-5-11(18-15)17-12(16-8)9-4-7(14)2-3-10(9)13/h2-5H,6,15H2,1H3,(H,16,17,18). The molecule has 100 valence electrons. The molecule has 0 atom stereocenters. The molecule has 0 fully saturated rings. The molecule has 0 bridgehead atoms. The predicted octanol–water partition coefficient (Wildman–Crippen LogP) is 2.48. The van der Waals surface area contributed by atoms with Crippen molar-refractivity contribution in [2.45, 2.75) is 6.61 Å². The molecule has 2 rings (SSSR count). The van der Waals surface area contributed by atoms with Crippen molar-refractivity contribution < 1.29 is 9.13 Å². The number of benzene rings is 1. The molecule has 1 aromatic heterocycles. The molecule has 0 aliphatic rings. The molecule has 19 heavy (non-hydrogen) atoms. The molecular formula is C12H12BrFN4O. The number of rotatable bonds is 4. The van der Waals surface area contributed by atoms with Crippen LogP contribution >= 0.6 is 15.9 Å². The lowest BCUT2D eigenvalue weighted by Gasteiger charge is -2.08. The Morgan fingerprint density at radius 2 is 2.16 bits per heavy atom. The molecule has 0 saturated heterocycles. The zero-order chi connectivity index (χ0) is 13.8. The lowest BCUT2D eigenvalue weighted by molar-refractivity contribution is 0.181. The minimum atomic E-state index is -0.360. The molecule has 0 radical (unpaired) electrons. The molecular weight excluding hydrogens is 315 g/mol. The predicted molar refractivity (Wildman–Crippen MR) is 73.6 cm³/mol. The fourth-order valence-corrected chi connectivity index (χ4v) is 2.01. The minimum Gasteiger partial charge on any atom is -0.378 e. The molecule has 0 amide bonds. The van der Waals surface area contributed by atoms with Crippen LogP contribution in [0.15, 0.2) is 28.7 Å². The number of methoxy groups -OCH3 is 1. The van der Waals surface area contributed by atoms with Crippen molar-refractivity contribution in [2.75, 3.05) is 12.5 Å². The van der Waals surface area contributed by atoms with Crippen molar-refractivity contribution in [1.82, 2.24) is 9.97 Å². The van der Waals surface area contributed by atoms with Gasteiger partial charge in [0.15, 0.2) is 5.82 Å². The van der Waals surface area contributed by atoms with Crippen molar-refractivity contribution in [3.8, 4) is 11.4 Å². The lowest BCUT2D eigenvalue weighted by Crippen LogP contribution is -2.11. The van der Waals surface area contributed by atoms with Crippen molar-refractivity contribution in [3.05, 3.63) is 40.2 Å². The first-order chi connectivity index (χ1) is 9.13. The Hall–Kier alpha value is -1.57. The largest absolute Gasteiger partial charge is 0.378 e. The fourth-order valence-electron chi connectivity index (χ4n) is 1.58. The van der Waals surface area contributed by atoms with Gasteiger partial charge in [-0.25, -0.2) is 20.2 Å². The van der Waals surface area contributed by atoms with Crippen LogP contribution in [-0.4, -0.2) is 17.1 Å². The van der Waals surface area contributed by atoms with E-state index in [1.54, 1.807) is 19.2 Å². The Bertz CT molecular complexity index is 594. The average molecular weight is 327 g/mol. The maximum atomic E-state index is 13.3. The van der Waals surface area contributed by atoms with E-state index in [4.69, 9.17) is 10.6 Å². The average Bonchev–Trinajstić information content (AvgIpc) is 2.41. The van der Waals surface area contributed by atoms with Crippen LogP contribution < -0.4 is 11.3 Å². The number of ether oxygens (including phenoxy) is 1. The highest BCUT2D eigenvalue weighted by Gasteiger charge is 2.11. The summed E-state index contributed by atoms with van der Waals surface area (Å²) in [5, 5.41) is 0. The second-order valence-corrected chi connectivity index (χ2v) is 4.62. The Morgan fingerprint density at radius 3 is 2.84 bits per heavy atom. The second-order valence-electron chi connectivity index (χ2n) is 3.77. The third kappa shape index (κ3) is 3.25. The second kappa shape index (κ2) is 6.05. The summed E-state index contributed by atoms with van der Waals surface area (Å²) in [4.78, 5) is 8.52. The molecule has 0 spiro atoms. The minimum absolute atomic E-state index is 0.317. The molecule has 0 saturated carbocycles. The van der Waals surface area contributed by atoms with E-state index in [1.807, 2.05) is 0 Å². The van der Waals surface area contributed by atoms with E-state index >= 15 is 0 Å². The van der Waals surface area contributed by atoms with Gasteiger partial charge in [-0.1, -0.05) is 15.9 Å². The van der Waals surface area contributed by atoms with E-state index in [-0.39, 0.29) is 5.82 Å². The van der Waals surface area contributed by atoms with Crippen LogP contribution in [0, 0.1) is 5.82 Å². The SMILES string of the molecule is COCc1cc(NN)nc(-c2cc(F)ccc2Br)n1. The van der Waals surface area contributed by atoms with E-state index in [0.717, 1.165) is 0 Å². The number of hydrogen-bond acceptors (Lipinski definition) is 5. The molecule has 0 aliphatic heterocycles. The van der Waals surface area contributed by atoms with Gasteiger partial charge in [0.05, 0.1) is 12.3 Å². The van der Waals surface area contributed by atoms with Gasteiger partial charge in [0.1, 0.15) is 11.6 Å². The van der Waals surface area contributed by atoms with Gasteiger partial charge in [-0.15, -0.1) is 0 Å². The van der Waals surface area contributed by atoms with Gasteiger partial charge in [0.2, 0.25) is 0 Å². The molecule has 7 heteroatoms. The zero-order valence-electron chi connectivity index (χ0n) is 10.2. The van der Waals surface area contributed by atoms with Crippen molar-refractivity contribution in [3.63, 3.8) is 0 Å². The van der Waals surface area contributed by atoms with Crippen LogP contribution in [-0.2, 0) is 11.3 Å². The van der Waals surface area contributed by atoms with Crippen LogP contribution in [0.5, 0.6) is 0 Å². The Kier molecular flexibility index (Phi) is 4.41. The topological polar surface area (TPSA) is 73.1 Å². The van der Waals surface area contributed by atoms with E-state index in [1.165, 1.54) is 12.1 Å². The molecule has 2 aromatic rings. The summed E-state index contributed by atoms with van der Waals surface area (Å²) in [7, 11) is 1.56. The molecule has 0 aliphatic carbocycles. The van der Waals surface area contributed by atoms with Crippen LogP contribution in [0.2, 0.25) is 0 Å². The maximum absolute atomic E-state index is 13.3. The van der Waals surface area contributed by atoms with Crippen LogP contribution in [0.4, 0.5) is 10.2 Å². The molecule has 0 unspecified atom stereocenters. The number of nitrogen functional groups attached to an aromatic ring is 1. The first-order valence-corrected chi connectivity index (χ1v) is 6.22.